The standard InChI is InChI=1S/C17H12N4O2S/c1-10-19-14(9-24-10)16-13-7-11(4-5-15(13)23-21-16)17(22)20-12-3-2-6-18-8-12/h2-9H,1H3,(H,20,22). The van der Waals surface area contributed by atoms with Gasteiger partial charge in [0.1, 0.15) is 11.4 Å². The zero-order valence-corrected chi connectivity index (χ0v) is 13.5. The van der Waals surface area contributed by atoms with E-state index in [9.17, 15) is 4.79 Å². The van der Waals surface area contributed by atoms with Crippen LogP contribution < -0.4 is 5.32 Å². The lowest BCUT2D eigenvalue weighted by atomic mass is 10.1. The third kappa shape index (κ3) is 2.65. The normalized spacial score (nSPS) is 10.9. The second-order valence-corrected chi connectivity index (χ2v) is 6.25. The third-order valence-corrected chi connectivity index (χ3v) is 4.29. The molecule has 118 valence electrons. The number of aromatic nitrogens is 3. The third-order valence-electron chi connectivity index (χ3n) is 3.51. The van der Waals surface area contributed by atoms with Gasteiger partial charge in [0.05, 0.1) is 22.3 Å². The van der Waals surface area contributed by atoms with E-state index in [4.69, 9.17) is 4.52 Å². The maximum atomic E-state index is 12.4. The summed E-state index contributed by atoms with van der Waals surface area (Å²) in [5, 5.41) is 10.5. The Morgan fingerprint density at radius 2 is 2.21 bits per heavy atom. The summed E-state index contributed by atoms with van der Waals surface area (Å²) in [6.45, 7) is 1.93. The van der Waals surface area contributed by atoms with Crippen molar-refractivity contribution in [3.63, 3.8) is 0 Å². The van der Waals surface area contributed by atoms with Gasteiger partial charge < -0.3 is 9.84 Å². The number of carbonyl (C=O) groups excluding carboxylic acids is 1. The number of thiazole rings is 1. The van der Waals surface area contributed by atoms with E-state index in [0.29, 0.717) is 22.5 Å². The topological polar surface area (TPSA) is 80.9 Å². The molecule has 4 rings (SSSR count). The van der Waals surface area contributed by atoms with Crippen LogP contribution in [-0.2, 0) is 0 Å². The number of nitrogens with one attached hydrogen (secondary N) is 1. The zero-order valence-electron chi connectivity index (χ0n) is 12.7. The molecule has 0 spiro atoms. The average molecular weight is 336 g/mol. The van der Waals surface area contributed by atoms with E-state index in [2.05, 4.69) is 20.4 Å². The lowest BCUT2D eigenvalue weighted by Gasteiger charge is -2.04. The van der Waals surface area contributed by atoms with Crippen molar-refractivity contribution in [3.8, 4) is 11.4 Å². The number of rotatable bonds is 3. The van der Waals surface area contributed by atoms with Crippen molar-refractivity contribution in [2.24, 2.45) is 0 Å². The summed E-state index contributed by atoms with van der Waals surface area (Å²) in [6.07, 6.45) is 3.25. The number of nitrogens with zero attached hydrogens (tertiary/aromatic N) is 3. The number of aryl methyl sites for hydroxylation is 1. The van der Waals surface area contributed by atoms with Gasteiger partial charge in [0.2, 0.25) is 0 Å². The number of fused-ring (bicyclic) bond motifs is 1. The highest BCUT2D eigenvalue weighted by Crippen LogP contribution is 2.29. The Bertz CT molecular complexity index is 1020. The van der Waals surface area contributed by atoms with E-state index >= 15 is 0 Å². The number of hydrogen-bond acceptors (Lipinski definition) is 6. The number of pyridine rings is 1. The van der Waals surface area contributed by atoms with Crippen molar-refractivity contribution in [3.05, 3.63) is 58.7 Å². The Morgan fingerprint density at radius 1 is 1.29 bits per heavy atom. The van der Waals surface area contributed by atoms with E-state index in [1.807, 2.05) is 12.3 Å². The predicted octanol–water partition coefficient (Wildman–Crippen LogP) is 3.91. The first-order chi connectivity index (χ1) is 11.7. The molecule has 3 heterocycles. The fourth-order valence-electron chi connectivity index (χ4n) is 2.38. The second-order valence-electron chi connectivity index (χ2n) is 5.19. The molecule has 1 amide bonds. The molecule has 7 heteroatoms. The monoisotopic (exact) mass is 336 g/mol. The lowest BCUT2D eigenvalue weighted by molar-refractivity contribution is 0.102. The van der Waals surface area contributed by atoms with Crippen LogP contribution in [0.1, 0.15) is 15.4 Å². The van der Waals surface area contributed by atoms with E-state index in [-0.39, 0.29) is 5.91 Å². The van der Waals surface area contributed by atoms with Gasteiger partial charge >= 0.3 is 0 Å². The van der Waals surface area contributed by atoms with E-state index in [0.717, 1.165) is 16.1 Å². The highest BCUT2D eigenvalue weighted by atomic mass is 32.1. The van der Waals surface area contributed by atoms with Crippen LogP contribution in [0.2, 0.25) is 0 Å². The van der Waals surface area contributed by atoms with Crippen molar-refractivity contribution < 1.29 is 9.32 Å². The predicted molar refractivity (Wildman–Crippen MR) is 92.0 cm³/mol. The van der Waals surface area contributed by atoms with Crippen molar-refractivity contribution in [1.82, 2.24) is 15.1 Å². The van der Waals surface area contributed by atoms with Crippen molar-refractivity contribution in [2.75, 3.05) is 5.32 Å². The minimum absolute atomic E-state index is 0.216. The molecule has 0 aliphatic heterocycles. The number of amides is 1. The fraction of sp³-hybridized carbons (Fsp3) is 0.0588. The van der Waals surface area contributed by atoms with Gasteiger partial charge in [-0.2, -0.15) is 0 Å². The SMILES string of the molecule is Cc1nc(-c2noc3ccc(C(=O)Nc4cccnc4)cc23)cs1. The molecule has 0 fully saturated rings. The summed E-state index contributed by atoms with van der Waals surface area (Å²) in [4.78, 5) is 20.8. The number of benzene rings is 1. The fourth-order valence-corrected chi connectivity index (χ4v) is 2.97. The largest absolute Gasteiger partial charge is 0.356 e. The molecule has 1 N–H and O–H groups in total. The zero-order chi connectivity index (χ0) is 16.5. The highest BCUT2D eigenvalue weighted by molar-refractivity contribution is 7.09. The van der Waals surface area contributed by atoms with E-state index in [1.165, 1.54) is 0 Å². The molecule has 3 aromatic heterocycles. The molecular formula is C17H12N4O2S. The molecule has 24 heavy (non-hydrogen) atoms. The minimum atomic E-state index is -0.216. The molecule has 6 nitrogen and oxygen atoms in total. The maximum Gasteiger partial charge on any atom is 0.255 e. The Hall–Kier alpha value is -3.06. The van der Waals surface area contributed by atoms with Gasteiger partial charge in [0.25, 0.3) is 5.91 Å². The molecule has 4 aromatic rings. The molecule has 0 saturated carbocycles. The first kappa shape index (κ1) is 14.5. The van der Waals surface area contributed by atoms with Gasteiger partial charge in [-0.15, -0.1) is 11.3 Å². The summed E-state index contributed by atoms with van der Waals surface area (Å²) in [5.41, 5.74) is 3.17. The number of anilines is 1. The Kier molecular flexibility index (Phi) is 3.55. The Morgan fingerprint density at radius 3 is 2.96 bits per heavy atom. The molecule has 0 unspecified atom stereocenters. The van der Waals surface area contributed by atoms with Crippen LogP contribution in [0.15, 0.2) is 52.6 Å². The van der Waals surface area contributed by atoms with Crippen molar-refractivity contribution in [1.29, 1.82) is 0 Å². The molecular weight excluding hydrogens is 324 g/mol. The Labute approximate surface area is 141 Å². The molecule has 0 radical (unpaired) electrons. The summed E-state index contributed by atoms with van der Waals surface area (Å²) >= 11 is 1.54. The second kappa shape index (κ2) is 5.86. The number of hydrogen-bond donors (Lipinski definition) is 1. The van der Waals surface area contributed by atoms with Gasteiger partial charge in [0.15, 0.2) is 5.58 Å². The van der Waals surface area contributed by atoms with Gasteiger partial charge in [-0.25, -0.2) is 4.98 Å². The van der Waals surface area contributed by atoms with E-state index in [1.54, 1.807) is 54.1 Å². The molecule has 0 aliphatic rings. The first-order valence-corrected chi connectivity index (χ1v) is 8.12. The van der Waals surface area contributed by atoms with Crippen LogP contribution >= 0.6 is 11.3 Å². The quantitative estimate of drug-likeness (QED) is 0.613. The van der Waals surface area contributed by atoms with Crippen LogP contribution in [0.25, 0.3) is 22.4 Å². The van der Waals surface area contributed by atoms with Crippen LogP contribution in [0, 0.1) is 6.92 Å². The molecule has 0 saturated heterocycles. The highest BCUT2D eigenvalue weighted by Gasteiger charge is 2.15. The first-order valence-electron chi connectivity index (χ1n) is 7.24. The summed E-state index contributed by atoms with van der Waals surface area (Å²) in [5.74, 6) is -0.216. The van der Waals surface area contributed by atoms with Gasteiger partial charge in [-0.05, 0) is 37.3 Å². The van der Waals surface area contributed by atoms with Crippen molar-refractivity contribution in [2.45, 2.75) is 6.92 Å². The van der Waals surface area contributed by atoms with Crippen LogP contribution in [0.5, 0.6) is 0 Å². The molecule has 0 bridgehead atoms. The molecule has 0 atom stereocenters. The number of carbonyl (C=O) groups is 1. The smallest absolute Gasteiger partial charge is 0.255 e. The summed E-state index contributed by atoms with van der Waals surface area (Å²) in [6, 6.07) is 8.76. The molecule has 1 aromatic carbocycles. The van der Waals surface area contributed by atoms with Gasteiger partial charge in [-0.1, -0.05) is 5.16 Å². The Balaban J connectivity index is 1.71. The lowest BCUT2D eigenvalue weighted by Crippen LogP contribution is -2.11. The van der Waals surface area contributed by atoms with Gasteiger partial charge in [0, 0.05) is 17.1 Å². The molecule has 0 aliphatic carbocycles. The summed E-state index contributed by atoms with van der Waals surface area (Å²) < 4.78 is 5.34. The van der Waals surface area contributed by atoms with Crippen LogP contribution in [0.4, 0.5) is 5.69 Å². The maximum absolute atomic E-state index is 12.4. The van der Waals surface area contributed by atoms with Crippen molar-refractivity contribution >= 4 is 33.9 Å². The summed E-state index contributed by atoms with van der Waals surface area (Å²) in [7, 11) is 0. The van der Waals surface area contributed by atoms with E-state index < -0.39 is 0 Å². The van der Waals surface area contributed by atoms with Crippen LogP contribution in [0.3, 0.4) is 0 Å². The van der Waals surface area contributed by atoms with Gasteiger partial charge in [-0.3, -0.25) is 9.78 Å². The minimum Gasteiger partial charge on any atom is -0.356 e. The average Bonchev–Trinajstić information content (AvgIpc) is 3.21. The van der Waals surface area contributed by atoms with Crippen LogP contribution in [-0.4, -0.2) is 21.0 Å².